The van der Waals surface area contributed by atoms with Gasteiger partial charge >= 0.3 is 5.97 Å². The summed E-state index contributed by atoms with van der Waals surface area (Å²) in [5.41, 5.74) is 1.68. The second kappa shape index (κ2) is 5.30. The molecular formula is C12H12N4O3. The molecule has 0 aliphatic carbocycles. The third-order valence-corrected chi connectivity index (χ3v) is 2.48. The zero-order valence-corrected chi connectivity index (χ0v) is 10.4. The van der Waals surface area contributed by atoms with Crippen LogP contribution in [0.1, 0.15) is 26.4 Å². The van der Waals surface area contributed by atoms with E-state index in [1.165, 1.54) is 13.3 Å². The number of aromatic amines is 1. The molecule has 1 amide bonds. The Morgan fingerprint density at radius 3 is 2.79 bits per heavy atom. The number of rotatable bonds is 3. The van der Waals surface area contributed by atoms with Gasteiger partial charge in [0.25, 0.3) is 5.91 Å². The molecule has 98 valence electrons. The summed E-state index contributed by atoms with van der Waals surface area (Å²) >= 11 is 0. The van der Waals surface area contributed by atoms with Gasteiger partial charge in [-0.1, -0.05) is 11.6 Å². The predicted molar refractivity (Wildman–Crippen MR) is 66.9 cm³/mol. The molecule has 0 radical (unpaired) electrons. The van der Waals surface area contributed by atoms with E-state index in [1.54, 1.807) is 18.2 Å². The van der Waals surface area contributed by atoms with E-state index in [0.29, 0.717) is 11.3 Å². The van der Waals surface area contributed by atoms with Gasteiger partial charge in [0.2, 0.25) is 0 Å². The van der Waals surface area contributed by atoms with E-state index in [-0.39, 0.29) is 5.69 Å². The number of carbonyl (C=O) groups is 2. The van der Waals surface area contributed by atoms with Crippen molar-refractivity contribution in [2.24, 2.45) is 0 Å². The Kier molecular flexibility index (Phi) is 3.56. The lowest BCUT2D eigenvalue weighted by molar-refractivity contribution is 0.0602. The summed E-state index contributed by atoms with van der Waals surface area (Å²) in [7, 11) is 1.29. The van der Waals surface area contributed by atoms with Crippen LogP contribution < -0.4 is 5.32 Å². The summed E-state index contributed by atoms with van der Waals surface area (Å²) < 4.78 is 4.68. The molecule has 0 aliphatic heterocycles. The van der Waals surface area contributed by atoms with Crippen LogP contribution in [-0.4, -0.2) is 34.4 Å². The van der Waals surface area contributed by atoms with Gasteiger partial charge in [0.05, 0.1) is 24.6 Å². The van der Waals surface area contributed by atoms with Crippen molar-refractivity contribution in [3.8, 4) is 0 Å². The Morgan fingerprint density at radius 2 is 2.16 bits per heavy atom. The molecule has 0 atom stereocenters. The maximum atomic E-state index is 11.8. The summed E-state index contributed by atoms with van der Waals surface area (Å²) in [6.07, 6.45) is 1.29. The number of hydrogen-bond acceptors (Lipinski definition) is 5. The third-order valence-electron chi connectivity index (χ3n) is 2.48. The molecule has 1 aromatic heterocycles. The molecule has 0 bridgehead atoms. The number of aromatic nitrogens is 3. The summed E-state index contributed by atoms with van der Waals surface area (Å²) in [5.74, 6) is -0.970. The van der Waals surface area contributed by atoms with E-state index < -0.39 is 11.9 Å². The first-order valence-electron chi connectivity index (χ1n) is 5.48. The lowest BCUT2D eigenvalue weighted by atomic mass is 10.1. The van der Waals surface area contributed by atoms with Crippen LogP contribution >= 0.6 is 0 Å². The number of H-pyrrole nitrogens is 1. The van der Waals surface area contributed by atoms with Crippen LogP contribution in [0.25, 0.3) is 0 Å². The van der Waals surface area contributed by atoms with E-state index >= 15 is 0 Å². The third kappa shape index (κ3) is 2.76. The van der Waals surface area contributed by atoms with Crippen molar-refractivity contribution < 1.29 is 14.3 Å². The van der Waals surface area contributed by atoms with Crippen LogP contribution in [0.5, 0.6) is 0 Å². The van der Waals surface area contributed by atoms with Gasteiger partial charge < -0.3 is 10.1 Å². The standard InChI is InChI=1S/C12H12N4O3/c1-7-3-4-9(8(5-7)12(18)19-2)14-11(17)10-6-13-16-15-10/h3-6H,1-2H3,(H,14,17)(H,13,15,16). The van der Waals surface area contributed by atoms with Gasteiger partial charge in [-0.15, -0.1) is 0 Å². The number of methoxy groups -OCH3 is 1. The van der Waals surface area contributed by atoms with Crippen molar-refractivity contribution in [1.29, 1.82) is 0 Å². The SMILES string of the molecule is COC(=O)c1cc(C)ccc1NC(=O)c1cn[nH]n1. The lowest BCUT2D eigenvalue weighted by Gasteiger charge is -2.09. The molecule has 1 heterocycles. The maximum Gasteiger partial charge on any atom is 0.339 e. The normalized spacial score (nSPS) is 10.0. The average Bonchev–Trinajstić information content (AvgIpc) is 2.94. The second-order valence-corrected chi connectivity index (χ2v) is 3.85. The van der Waals surface area contributed by atoms with Gasteiger partial charge in [0.1, 0.15) is 0 Å². The Hall–Kier alpha value is -2.70. The van der Waals surface area contributed by atoms with Crippen LogP contribution in [0, 0.1) is 6.92 Å². The van der Waals surface area contributed by atoms with Crippen LogP contribution in [0.2, 0.25) is 0 Å². The Morgan fingerprint density at radius 1 is 1.37 bits per heavy atom. The first-order chi connectivity index (χ1) is 9.11. The molecule has 0 aliphatic rings. The van der Waals surface area contributed by atoms with Gasteiger partial charge in [-0.05, 0) is 19.1 Å². The number of esters is 1. The van der Waals surface area contributed by atoms with Crippen molar-refractivity contribution in [2.45, 2.75) is 6.92 Å². The monoisotopic (exact) mass is 260 g/mol. The first kappa shape index (κ1) is 12.7. The number of hydrogen-bond donors (Lipinski definition) is 2. The molecule has 0 spiro atoms. The largest absolute Gasteiger partial charge is 0.465 e. The van der Waals surface area contributed by atoms with Gasteiger partial charge in [0.15, 0.2) is 5.69 Å². The highest BCUT2D eigenvalue weighted by Gasteiger charge is 2.16. The number of aryl methyl sites for hydroxylation is 1. The van der Waals surface area contributed by atoms with Gasteiger partial charge in [0, 0.05) is 0 Å². The number of nitrogens with zero attached hydrogens (tertiary/aromatic N) is 2. The molecule has 7 heteroatoms. The molecule has 0 unspecified atom stereocenters. The Balaban J connectivity index is 2.29. The topological polar surface area (TPSA) is 97.0 Å². The maximum absolute atomic E-state index is 11.8. The van der Waals surface area contributed by atoms with Crippen molar-refractivity contribution in [3.63, 3.8) is 0 Å². The van der Waals surface area contributed by atoms with Gasteiger partial charge in [-0.2, -0.15) is 15.4 Å². The molecule has 1 aromatic carbocycles. The average molecular weight is 260 g/mol. The van der Waals surface area contributed by atoms with E-state index in [4.69, 9.17) is 0 Å². The Labute approximate surface area is 109 Å². The number of anilines is 1. The highest BCUT2D eigenvalue weighted by atomic mass is 16.5. The Bertz CT molecular complexity index is 607. The van der Waals surface area contributed by atoms with Crippen LogP contribution in [-0.2, 0) is 4.74 Å². The molecule has 0 saturated carbocycles. The van der Waals surface area contributed by atoms with Crippen molar-refractivity contribution in [3.05, 3.63) is 41.2 Å². The summed E-state index contributed by atoms with van der Waals surface area (Å²) in [6, 6.07) is 5.06. The molecule has 7 nitrogen and oxygen atoms in total. The molecule has 2 rings (SSSR count). The van der Waals surface area contributed by atoms with Crippen molar-refractivity contribution in [2.75, 3.05) is 12.4 Å². The number of benzene rings is 1. The summed E-state index contributed by atoms with van der Waals surface area (Å²) in [4.78, 5) is 23.5. The van der Waals surface area contributed by atoms with Gasteiger partial charge in [-0.25, -0.2) is 4.79 Å². The minimum atomic E-state index is -0.515. The predicted octanol–water partition coefficient (Wildman–Crippen LogP) is 1.15. The smallest absolute Gasteiger partial charge is 0.339 e. The summed E-state index contributed by atoms with van der Waals surface area (Å²) in [5, 5.41) is 12.1. The first-order valence-corrected chi connectivity index (χ1v) is 5.48. The van der Waals surface area contributed by atoms with E-state index in [9.17, 15) is 9.59 Å². The van der Waals surface area contributed by atoms with Crippen molar-refractivity contribution in [1.82, 2.24) is 15.4 Å². The van der Waals surface area contributed by atoms with Crippen LogP contribution in [0.3, 0.4) is 0 Å². The van der Waals surface area contributed by atoms with E-state index in [0.717, 1.165) is 5.56 Å². The second-order valence-electron chi connectivity index (χ2n) is 3.85. The molecule has 0 fully saturated rings. The number of ether oxygens (including phenoxy) is 1. The molecule has 2 N–H and O–H groups in total. The molecule has 2 aromatic rings. The minimum absolute atomic E-state index is 0.136. The van der Waals surface area contributed by atoms with E-state index in [1.807, 2.05) is 6.92 Å². The molecule has 19 heavy (non-hydrogen) atoms. The molecule has 0 saturated heterocycles. The quantitative estimate of drug-likeness (QED) is 0.807. The van der Waals surface area contributed by atoms with Crippen LogP contribution in [0.4, 0.5) is 5.69 Å². The van der Waals surface area contributed by atoms with Gasteiger partial charge in [-0.3, -0.25) is 4.79 Å². The van der Waals surface area contributed by atoms with E-state index in [2.05, 4.69) is 25.5 Å². The number of nitrogens with one attached hydrogen (secondary N) is 2. The zero-order valence-electron chi connectivity index (χ0n) is 10.4. The highest BCUT2D eigenvalue weighted by Crippen LogP contribution is 2.19. The van der Waals surface area contributed by atoms with Crippen molar-refractivity contribution >= 4 is 17.6 Å². The fraction of sp³-hybridized carbons (Fsp3) is 0.167. The highest BCUT2D eigenvalue weighted by molar-refractivity contribution is 6.06. The number of carbonyl (C=O) groups excluding carboxylic acids is 2. The van der Waals surface area contributed by atoms with Crippen LogP contribution in [0.15, 0.2) is 24.4 Å². The fourth-order valence-corrected chi connectivity index (χ4v) is 1.54. The zero-order chi connectivity index (χ0) is 13.8. The summed E-state index contributed by atoms with van der Waals surface area (Å²) in [6.45, 7) is 1.84. The number of amides is 1. The molecular weight excluding hydrogens is 248 g/mol. The minimum Gasteiger partial charge on any atom is -0.465 e. The fourth-order valence-electron chi connectivity index (χ4n) is 1.54. The lowest BCUT2D eigenvalue weighted by Crippen LogP contribution is -2.16.